The number of H-pyrrole nitrogens is 1. The molecular weight excluding hydrogens is 315 g/mol. The maximum absolute atomic E-state index is 12.8. The number of carbonyl (C=O) groups is 1. The van der Waals surface area contributed by atoms with Crippen molar-refractivity contribution in [3.05, 3.63) is 47.0 Å². The Morgan fingerprint density at radius 2 is 2.17 bits per heavy atom. The minimum atomic E-state index is -0.224. The first-order chi connectivity index (χ1) is 11.2. The highest BCUT2D eigenvalue weighted by molar-refractivity contribution is 7.99. The fraction of sp³-hybridized carbons (Fsp3) is 0.375. The number of halogens is 1. The third-order valence-corrected chi connectivity index (χ3v) is 4.81. The number of carbonyl (C=O) groups excluding carboxylic acids is 1. The summed E-state index contributed by atoms with van der Waals surface area (Å²) < 4.78 is 12.8. The molecule has 1 amide bonds. The van der Waals surface area contributed by atoms with Crippen LogP contribution in [0.5, 0.6) is 0 Å². The number of nitrogens with one attached hydrogen (secondary N) is 3. The van der Waals surface area contributed by atoms with Crippen molar-refractivity contribution in [1.82, 2.24) is 20.8 Å². The lowest BCUT2D eigenvalue weighted by Gasteiger charge is -2.12. The van der Waals surface area contributed by atoms with Gasteiger partial charge in [0.1, 0.15) is 5.82 Å². The third kappa shape index (κ3) is 4.11. The van der Waals surface area contributed by atoms with Crippen molar-refractivity contribution in [2.24, 2.45) is 0 Å². The van der Waals surface area contributed by atoms with Gasteiger partial charge in [-0.3, -0.25) is 9.89 Å². The molecule has 0 aliphatic carbocycles. The average Bonchev–Trinajstić information content (AvgIpc) is 3.00. The highest BCUT2D eigenvalue weighted by Gasteiger charge is 2.20. The van der Waals surface area contributed by atoms with E-state index >= 15 is 0 Å². The van der Waals surface area contributed by atoms with Gasteiger partial charge in [-0.05, 0) is 36.4 Å². The van der Waals surface area contributed by atoms with Crippen LogP contribution >= 0.6 is 11.8 Å². The first-order valence-electron chi connectivity index (χ1n) is 7.67. The second-order valence-corrected chi connectivity index (χ2v) is 6.54. The van der Waals surface area contributed by atoms with E-state index in [0.717, 1.165) is 41.3 Å². The zero-order chi connectivity index (χ0) is 16.1. The molecule has 1 aromatic heterocycles. The molecule has 0 saturated heterocycles. The fourth-order valence-electron chi connectivity index (χ4n) is 2.49. The molecule has 0 unspecified atom stereocenters. The van der Waals surface area contributed by atoms with Gasteiger partial charge in [0.05, 0.1) is 0 Å². The van der Waals surface area contributed by atoms with Gasteiger partial charge < -0.3 is 10.6 Å². The lowest BCUT2D eigenvalue weighted by atomic mass is 10.1. The molecule has 5 nitrogen and oxygen atoms in total. The second kappa shape index (κ2) is 7.61. The second-order valence-electron chi connectivity index (χ2n) is 5.37. The van der Waals surface area contributed by atoms with Gasteiger partial charge in [-0.15, -0.1) is 11.8 Å². The normalized spacial score (nSPS) is 13.6. The van der Waals surface area contributed by atoms with Gasteiger partial charge in [0.25, 0.3) is 5.91 Å². The summed E-state index contributed by atoms with van der Waals surface area (Å²) in [5.74, 6) is 0.517. The van der Waals surface area contributed by atoms with Crippen molar-refractivity contribution in [2.75, 3.05) is 18.8 Å². The molecule has 0 saturated carbocycles. The number of fused-ring (bicyclic) bond motifs is 1. The van der Waals surface area contributed by atoms with E-state index in [1.54, 1.807) is 23.9 Å². The van der Waals surface area contributed by atoms with Crippen LogP contribution < -0.4 is 10.6 Å². The number of benzene rings is 1. The molecule has 1 aromatic carbocycles. The molecule has 122 valence electrons. The summed E-state index contributed by atoms with van der Waals surface area (Å²) in [6.07, 6.45) is 1.72. The Bertz CT molecular complexity index is 671. The van der Waals surface area contributed by atoms with Crippen LogP contribution in [0.25, 0.3) is 0 Å². The monoisotopic (exact) mass is 334 g/mol. The Morgan fingerprint density at radius 3 is 3.00 bits per heavy atom. The number of thioether (sulfide) groups is 1. The average molecular weight is 334 g/mol. The summed E-state index contributed by atoms with van der Waals surface area (Å²) in [5.41, 5.74) is 2.54. The number of aromatic amines is 1. The predicted molar refractivity (Wildman–Crippen MR) is 88.1 cm³/mol. The van der Waals surface area contributed by atoms with Crippen molar-refractivity contribution >= 4 is 17.7 Å². The van der Waals surface area contributed by atoms with Crippen LogP contribution in [0.3, 0.4) is 0 Å². The fourth-order valence-corrected chi connectivity index (χ4v) is 3.34. The SMILES string of the molecule is O=C(NCCCSc1ccc(F)cc1)c1n[nH]c2c1CNCC2. The van der Waals surface area contributed by atoms with Gasteiger partial charge in [0, 0.05) is 42.2 Å². The van der Waals surface area contributed by atoms with Crippen LogP contribution in [0.1, 0.15) is 28.2 Å². The molecule has 2 heterocycles. The van der Waals surface area contributed by atoms with Gasteiger partial charge in [-0.1, -0.05) is 0 Å². The lowest BCUT2D eigenvalue weighted by molar-refractivity contribution is 0.0947. The third-order valence-electron chi connectivity index (χ3n) is 3.71. The zero-order valence-electron chi connectivity index (χ0n) is 12.7. The van der Waals surface area contributed by atoms with E-state index < -0.39 is 0 Å². The Hall–Kier alpha value is -1.86. The van der Waals surface area contributed by atoms with Crippen molar-refractivity contribution < 1.29 is 9.18 Å². The van der Waals surface area contributed by atoms with E-state index in [1.165, 1.54) is 12.1 Å². The highest BCUT2D eigenvalue weighted by Crippen LogP contribution is 2.19. The van der Waals surface area contributed by atoms with Crippen molar-refractivity contribution in [3.8, 4) is 0 Å². The van der Waals surface area contributed by atoms with E-state index in [-0.39, 0.29) is 11.7 Å². The van der Waals surface area contributed by atoms with E-state index in [2.05, 4.69) is 20.8 Å². The Labute approximate surface area is 138 Å². The van der Waals surface area contributed by atoms with Crippen LogP contribution in [0.4, 0.5) is 4.39 Å². The summed E-state index contributed by atoms with van der Waals surface area (Å²) in [5, 5.41) is 13.2. The van der Waals surface area contributed by atoms with Gasteiger partial charge in [0.2, 0.25) is 0 Å². The first kappa shape index (κ1) is 16.0. The molecule has 0 bridgehead atoms. The van der Waals surface area contributed by atoms with Crippen molar-refractivity contribution in [2.45, 2.75) is 24.3 Å². The van der Waals surface area contributed by atoms with E-state index in [4.69, 9.17) is 0 Å². The number of hydrogen-bond acceptors (Lipinski definition) is 4. The van der Waals surface area contributed by atoms with Gasteiger partial charge in [-0.2, -0.15) is 5.10 Å². The number of aromatic nitrogens is 2. The van der Waals surface area contributed by atoms with E-state index in [9.17, 15) is 9.18 Å². The molecule has 7 heteroatoms. The predicted octanol–water partition coefficient (Wildman–Crippen LogP) is 2.11. The summed E-state index contributed by atoms with van der Waals surface area (Å²) >= 11 is 1.65. The number of rotatable bonds is 6. The molecule has 2 aromatic rings. The quantitative estimate of drug-likeness (QED) is 0.559. The summed E-state index contributed by atoms with van der Waals surface area (Å²) in [6, 6.07) is 6.45. The Balaban J connectivity index is 1.41. The summed E-state index contributed by atoms with van der Waals surface area (Å²) in [7, 11) is 0. The smallest absolute Gasteiger partial charge is 0.272 e. The molecule has 3 rings (SSSR count). The molecule has 1 aliphatic rings. The van der Waals surface area contributed by atoms with Crippen molar-refractivity contribution in [1.29, 1.82) is 0 Å². The Morgan fingerprint density at radius 1 is 1.35 bits per heavy atom. The molecular formula is C16H19FN4OS. The van der Waals surface area contributed by atoms with Crippen LogP contribution in [0, 0.1) is 5.82 Å². The first-order valence-corrected chi connectivity index (χ1v) is 8.66. The lowest BCUT2D eigenvalue weighted by Crippen LogP contribution is -2.29. The minimum Gasteiger partial charge on any atom is -0.351 e. The molecule has 1 aliphatic heterocycles. The highest BCUT2D eigenvalue weighted by atomic mass is 32.2. The minimum absolute atomic E-state index is 0.127. The molecule has 0 radical (unpaired) electrons. The van der Waals surface area contributed by atoms with Gasteiger partial charge in [-0.25, -0.2) is 4.39 Å². The van der Waals surface area contributed by atoms with Crippen LogP contribution in [0.2, 0.25) is 0 Å². The van der Waals surface area contributed by atoms with Crippen LogP contribution in [-0.2, 0) is 13.0 Å². The summed E-state index contributed by atoms with van der Waals surface area (Å²) in [4.78, 5) is 13.2. The topological polar surface area (TPSA) is 69.8 Å². The largest absolute Gasteiger partial charge is 0.351 e. The van der Waals surface area contributed by atoms with Crippen LogP contribution in [0.15, 0.2) is 29.2 Å². The van der Waals surface area contributed by atoms with Crippen LogP contribution in [-0.4, -0.2) is 34.9 Å². The number of hydrogen-bond donors (Lipinski definition) is 3. The van der Waals surface area contributed by atoms with Gasteiger partial charge >= 0.3 is 0 Å². The van der Waals surface area contributed by atoms with E-state index in [1.807, 2.05) is 0 Å². The maximum atomic E-state index is 12.8. The van der Waals surface area contributed by atoms with E-state index in [0.29, 0.717) is 18.8 Å². The zero-order valence-corrected chi connectivity index (χ0v) is 13.5. The molecule has 0 fully saturated rings. The van der Waals surface area contributed by atoms with Crippen molar-refractivity contribution in [3.63, 3.8) is 0 Å². The molecule has 0 atom stereocenters. The standard InChI is InChI=1S/C16H19FN4OS/c17-11-2-4-12(5-3-11)23-9-1-7-19-16(22)15-13-10-18-8-6-14(13)20-21-15/h2-5,18H,1,6-10H2,(H,19,22)(H,20,21). The molecule has 3 N–H and O–H groups in total. The van der Waals surface area contributed by atoms with Gasteiger partial charge in [0.15, 0.2) is 5.69 Å². The Kier molecular flexibility index (Phi) is 5.30. The maximum Gasteiger partial charge on any atom is 0.272 e. The number of amides is 1. The molecule has 23 heavy (non-hydrogen) atoms. The molecule has 0 spiro atoms. The summed E-state index contributed by atoms with van der Waals surface area (Å²) in [6.45, 7) is 2.20. The number of nitrogens with zero attached hydrogens (tertiary/aromatic N) is 1.